The molecule has 2 rings (SSSR count). The van der Waals surface area contributed by atoms with E-state index in [4.69, 9.17) is 19.5 Å². The lowest BCUT2D eigenvalue weighted by Crippen LogP contribution is -2.40. The van der Waals surface area contributed by atoms with Crippen LogP contribution in [-0.2, 0) is 25.5 Å². The molecule has 0 saturated carbocycles. The topological polar surface area (TPSA) is 113 Å². The maximum Gasteiger partial charge on any atom is 0.412 e. The lowest BCUT2D eigenvalue weighted by Gasteiger charge is -2.31. The fourth-order valence-corrected chi connectivity index (χ4v) is 4.43. The Balaban J connectivity index is 1.92. The van der Waals surface area contributed by atoms with Gasteiger partial charge in [0.05, 0.1) is 24.0 Å². The highest BCUT2D eigenvalue weighted by atomic mass is 16.8. The highest BCUT2D eigenvalue weighted by molar-refractivity contribution is 5.74. The van der Waals surface area contributed by atoms with Crippen LogP contribution in [0.2, 0.25) is 0 Å². The van der Waals surface area contributed by atoms with E-state index in [0.717, 1.165) is 48.6 Å². The van der Waals surface area contributed by atoms with Gasteiger partial charge in [0.15, 0.2) is 0 Å². The fourth-order valence-electron chi connectivity index (χ4n) is 4.43. The van der Waals surface area contributed by atoms with Gasteiger partial charge in [0, 0.05) is 31.8 Å². The van der Waals surface area contributed by atoms with Gasteiger partial charge in [-0.15, -0.1) is 0 Å². The highest BCUT2D eigenvalue weighted by Gasteiger charge is 2.30. The van der Waals surface area contributed by atoms with Gasteiger partial charge in [-0.2, -0.15) is 0 Å². The first-order chi connectivity index (χ1) is 17.6. The fraction of sp³-hybridized carbons (Fsp3) is 0.630. The first-order valence-electron chi connectivity index (χ1n) is 13.0. The van der Waals surface area contributed by atoms with Gasteiger partial charge in [0.2, 0.25) is 6.79 Å². The quantitative estimate of drug-likeness (QED) is 0.172. The van der Waals surface area contributed by atoms with Crippen LogP contribution in [0.1, 0.15) is 59.4 Å². The number of nitrogens with zero attached hydrogens (tertiary/aromatic N) is 2. The molecule has 37 heavy (non-hydrogen) atoms. The minimum Gasteiger partial charge on any atom is -0.428 e. The second-order valence-corrected chi connectivity index (χ2v) is 10.4. The molecule has 1 aliphatic heterocycles. The number of likely N-dealkylation sites (tertiary alicyclic amines) is 1. The van der Waals surface area contributed by atoms with Crippen LogP contribution >= 0.6 is 0 Å². The van der Waals surface area contributed by atoms with E-state index >= 15 is 0 Å². The molecule has 10 nitrogen and oxygen atoms in total. The number of ether oxygens (including phenoxy) is 2. The first-order valence-corrected chi connectivity index (χ1v) is 13.0. The Kier molecular flexibility index (Phi) is 12.7. The molecule has 1 saturated heterocycles. The van der Waals surface area contributed by atoms with Crippen LogP contribution < -0.4 is 15.9 Å². The monoisotopic (exact) mass is 520 g/mol. The van der Waals surface area contributed by atoms with E-state index in [-0.39, 0.29) is 19.1 Å². The van der Waals surface area contributed by atoms with Gasteiger partial charge >= 0.3 is 12.1 Å². The number of carbonyl (C=O) groups is 2. The van der Waals surface area contributed by atoms with Crippen molar-refractivity contribution >= 4 is 23.4 Å². The number of rotatable bonds is 15. The lowest BCUT2D eigenvalue weighted by molar-refractivity contribution is -0.153. The second kappa shape index (κ2) is 15.4. The number of carbonyl (C=O) groups excluding carboxylic acids is 2. The summed E-state index contributed by atoms with van der Waals surface area (Å²) < 4.78 is 10.2. The molecule has 3 N–H and O–H groups in total. The molecule has 10 heteroatoms. The zero-order valence-electron chi connectivity index (χ0n) is 22.9. The van der Waals surface area contributed by atoms with Crippen molar-refractivity contribution in [3.8, 4) is 0 Å². The smallest absolute Gasteiger partial charge is 0.412 e. The summed E-state index contributed by atoms with van der Waals surface area (Å²) in [5.41, 5.74) is 5.53. The molecule has 1 aromatic rings. The van der Waals surface area contributed by atoms with Gasteiger partial charge in [-0.1, -0.05) is 46.0 Å². The number of aryl methyl sites for hydroxylation is 1. The van der Waals surface area contributed by atoms with E-state index in [1.807, 2.05) is 13.0 Å². The largest absolute Gasteiger partial charge is 0.428 e. The van der Waals surface area contributed by atoms with Crippen LogP contribution in [0.15, 0.2) is 30.5 Å². The molecule has 0 aromatic heterocycles. The van der Waals surface area contributed by atoms with Crippen molar-refractivity contribution in [3.05, 3.63) is 36.0 Å². The third-order valence-corrected chi connectivity index (χ3v) is 5.89. The summed E-state index contributed by atoms with van der Waals surface area (Å²) in [6.45, 7) is 16.9. The molecule has 1 fully saturated rings. The molecule has 1 heterocycles. The zero-order chi connectivity index (χ0) is 27.4. The van der Waals surface area contributed by atoms with E-state index in [1.54, 1.807) is 5.64 Å². The number of allylic oxidation sites excluding steroid dienone is 1. The minimum atomic E-state index is -0.574. The molecular weight excluding hydrogens is 476 g/mol. The van der Waals surface area contributed by atoms with Gasteiger partial charge in [-0.05, 0) is 55.7 Å². The molecule has 1 amide bonds. The van der Waals surface area contributed by atoms with Gasteiger partial charge in [0.25, 0.3) is 0 Å². The van der Waals surface area contributed by atoms with Crippen LogP contribution in [0.5, 0.6) is 0 Å². The van der Waals surface area contributed by atoms with Crippen molar-refractivity contribution in [1.29, 1.82) is 0 Å². The predicted molar refractivity (Wildman–Crippen MR) is 143 cm³/mol. The molecule has 0 unspecified atom stereocenters. The molecule has 0 bridgehead atoms. The van der Waals surface area contributed by atoms with Gasteiger partial charge < -0.3 is 24.6 Å². The molecule has 1 aromatic carbocycles. The van der Waals surface area contributed by atoms with Crippen LogP contribution in [0, 0.1) is 11.8 Å². The molecule has 0 radical (unpaired) electrons. The van der Waals surface area contributed by atoms with E-state index in [9.17, 15) is 9.59 Å². The summed E-state index contributed by atoms with van der Waals surface area (Å²) in [6, 6.07) is 5.99. The summed E-state index contributed by atoms with van der Waals surface area (Å²) in [5.74, 6) is 0.586. The Morgan fingerprint density at radius 1 is 1.19 bits per heavy atom. The van der Waals surface area contributed by atoms with E-state index in [0.29, 0.717) is 24.8 Å². The summed E-state index contributed by atoms with van der Waals surface area (Å²) in [6.07, 6.45) is 1.63. The van der Waals surface area contributed by atoms with Crippen LogP contribution in [0.25, 0.3) is 0 Å². The van der Waals surface area contributed by atoms with E-state index in [2.05, 4.69) is 56.6 Å². The summed E-state index contributed by atoms with van der Waals surface area (Å²) in [4.78, 5) is 33.2. The van der Waals surface area contributed by atoms with Gasteiger partial charge in [-0.3, -0.25) is 14.8 Å². The van der Waals surface area contributed by atoms with Crippen LogP contribution in [-0.4, -0.2) is 61.2 Å². The molecule has 208 valence electrons. The summed E-state index contributed by atoms with van der Waals surface area (Å²) in [5, 5.41) is 11.9. The lowest BCUT2D eigenvalue weighted by atomic mass is 10.0. The maximum atomic E-state index is 12.3. The van der Waals surface area contributed by atoms with Crippen molar-refractivity contribution in [3.63, 3.8) is 0 Å². The molecule has 0 aliphatic carbocycles. The van der Waals surface area contributed by atoms with Crippen molar-refractivity contribution in [2.45, 2.75) is 66.3 Å². The molecule has 1 aliphatic rings. The summed E-state index contributed by atoms with van der Waals surface area (Å²) >= 11 is 0. The number of nitrogens with one attached hydrogen (secondary N) is 2. The van der Waals surface area contributed by atoms with Crippen molar-refractivity contribution in [1.82, 2.24) is 10.5 Å². The minimum absolute atomic E-state index is 0.138. The van der Waals surface area contributed by atoms with Crippen molar-refractivity contribution in [2.75, 3.05) is 43.3 Å². The Morgan fingerprint density at radius 2 is 1.89 bits per heavy atom. The van der Waals surface area contributed by atoms with Gasteiger partial charge in [-0.25, -0.2) is 4.79 Å². The highest BCUT2D eigenvalue weighted by Crippen LogP contribution is 2.30. The number of hydrogen-bond donors (Lipinski definition) is 3. The van der Waals surface area contributed by atoms with Crippen LogP contribution in [0.3, 0.4) is 0 Å². The molecular formula is C27H44N4O6. The van der Waals surface area contributed by atoms with Crippen molar-refractivity contribution in [2.24, 2.45) is 11.8 Å². The zero-order valence-corrected chi connectivity index (χ0v) is 22.9. The van der Waals surface area contributed by atoms with E-state index in [1.165, 1.54) is 4.90 Å². The Hall–Kier alpha value is -2.82. The third kappa shape index (κ3) is 10.6. The van der Waals surface area contributed by atoms with E-state index < -0.39 is 18.9 Å². The second-order valence-electron chi connectivity index (χ2n) is 10.4. The molecule has 0 spiro atoms. The third-order valence-electron chi connectivity index (χ3n) is 5.89. The number of amides is 1. The van der Waals surface area contributed by atoms with Crippen LogP contribution in [0.4, 0.5) is 16.2 Å². The Morgan fingerprint density at radius 3 is 2.51 bits per heavy atom. The Labute approximate surface area is 220 Å². The predicted octanol–water partition coefficient (Wildman–Crippen LogP) is 4.70. The standard InChI is InChI=1S/C27H44N4O6/c1-19(2)15-30(16-20(3)4)25-11-9-22(14-24(25)28-21(5)6)10-12-26(32)35-18-36-27(33)31-13-7-8-23(31)17-37-29-34/h9,11,14,19-20,23,28-29,34H,5,7-8,10,12-13,15-18H2,1-4,6H3/t23-/m0/s1. The SMILES string of the molecule is C=C(C)Nc1cc(CCC(=O)OCOC(=O)N2CCC[C@H]2CONO)ccc1N(CC(C)C)CC(C)C. The normalized spacial score (nSPS) is 15.2. The molecule has 1 atom stereocenters. The summed E-state index contributed by atoms with van der Waals surface area (Å²) in [7, 11) is 0. The number of esters is 1. The Bertz CT molecular complexity index is 882. The maximum absolute atomic E-state index is 12.3. The first kappa shape index (κ1) is 30.4. The number of hydrogen-bond acceptors (Lipinski definition) is 9. The number of anilines is 2. The van der Waals surface area contributed by atoms with Crippen molar-refractivity contribution < 1.29 is 29.1 Å². The number of benzene rings is 1. The average Bonchev–Trinajstić information content (AvgIpc) is 3.29. The average molecular weight is 521 g/mol. The van der Waals surface area contributed by atoms with Gasteiger partial charge in [0.1, 0.15) is 0 Å².